The number of hydrogen-bond acceptors (Lipinski definition) is 5. The van der Waals surface area contributed by atoms with Gasteiger partial charge in [0.25, 0.3) is 5.78 Å². The maximum atomic E-state index is 11.8. The highest BCUT2D eigenvalue weighted by atomic mass is 16.5. The van der Waals surface area contributed by atoms with Crippen molar-refractivity contribution in [3.63, 3.8) is 0 Å². The van der Waals surface area contributed by atoms with Crippen LogP contribution in [0.3, 0.4) is 0 Å². The Morgan fingerprint density at radius 3 is 2.43 bits per heavy atom. The number of carbonyl (C=O) groups excluding carboxylic acids is 3. The number of benzene rings is 1. The van der Waals surface area contributed by atoms with E-state index in [9.17, 15) is 14.4 Å². The number of likely N-dealkylation sites (N-methyl/N-ethyl adjacent to an activating group) is 1. The number of ketones is 1. The summed E-state index contributed by atoms with van der Waals surface area (Å²) >= 11 is 0. The fourth-order valence-corrected chi connectivity index (χ4v) is 2.12. The molecule has 1 aromatic carbocycles. The van der Waals surface area contributed by atoms with Crippen LogP contribution in [0.25, 0.3) is 0 Å². The van der Waals surface area contributed by atoms with Gasteiger partial charge >= 0.3 is 5.97 Å². The van der Waals surface area contributed by atoms with Crippen LogP contribution < -0.4 is 4.90 Å². The van der Waals surface area contributed by atoms with Crippen molar-refractivity contribution in [2.24, 2.45) is 0 Å². The molecule has 0 saturated carbocycles. The summed E-state index contributed by atoms with van der Waals surface area (Å²) in [5.74, 6) is -1.44. The van der Waals surface area contributed by atoms with Crippen LogP contribution in [0.2, 0.25) is 0 Å². The first-order valence-corrected chi connectivity index (χ1v) is 6.83. The van der Waals surface area contributed by atoms with Crippen LogP contribution in [0.15, 0.2) is 24.3 Å². The summed E-state index contributed by atoms with van der Waals surface area (Å²) in [5.41, 5.74) is 1.15. The predicted molar refractivity (Wildman–Crippen MR) is 77.3 cm³/mol. The SMILES string of the molecule is CCOC(=O)C(=O)c1ccc(N2CCN(C)C(=O)C2)cc1. The third-order valence-corrected chi connectivity index (χ3v) is 3.41. The van der Waals surface area contributed by atoms with Gasteiger partial charge in [0.2, 0.25) is 5.91 Å². The van der Waals surface area contributed by atoms with Crippen LogP contribution in [0.5, 0.6) is 0 Å². The minimum atomic E-state index is -0.847. The van der Waals surface area contributed by atoms with Gasteiger partial charge in [-0.15, -0.1) is 0 Å². The summed E-state index contributed by atoms with van der Waals surface area (Å²) in [6.07, 6.45) is 0. The van der Waals surface area contributed by atoms with Gasteiger partial charge in [-0.3, -0.25) is 9.59 Å². The molecular formula is C15H18N2O4. The van der Waals surface area contributed by atoms with Crippen LogP contribution in [0.1, 0.15) is 17.3 Å². The second kappa shape index (κ2) is 6.39. The average Bonchev–Trinajstić information content (AvgIpc) is 2.50. The largest absolute Gasteiger partial charge is 0.460 e. The summed E-state index contributed by atoms with van der Waals surface area (Å²) < 4.78 is 4.68. The molecule has 0 radical (unpaired) electrons. The molecule has 6 nitrogen and oxygen atoms in total. The van der Waals surface area contributed by atoms with E-state index in [2.05, 4.69) is 4.74 Å². The van der Waals surface area contributed by atoms with Crippen molar-refractivity contribution < 1.29 is 19.1 Å². The lowest BCUT2D eigenvalue weighted by molar-refractivity contribution is -0.137. The second-order valence-electron chi connectivity index (χ2n) is 4.83. The highest BCUT2D eigenvalue weighted by Crippen LogP contribution is 2.18. The van der Waals surface area contributed by atoms with E-state index >= 15 is 0 Å². The number of esters is 1. The second-order valence-corrected chi connectivity index (χ2v) is 4.83. The number of piperazine rings is 1. The normalized spacial score (nSPS) is 15.0. The van der Waals surface area contributed by atoms with Gasteiger partial charge in [-0.05, 0) is 31.2 Å². The average molecular weight is 290 g/mol. The van der Waals surface area contributed by atoms with E-state index < -0.39 is 11.8 Å². The highest BCUT2D eigenvalue weighted by Gasteiger charge is 2.22. The molecule has 2 rings (SSSR count). The summed E-state index contributed by atoms with van der Waals surface area (Å²) in [7, 11) is 1.78. The van der Waals surface area contributed by atoms with Crippen LogP contribution in [-0.4, -0.2) is 55.8 Å². The molecule has 1 fully saturated rings. The summed E-state index contributed by atoms with van der Waals surface area (Å²) in [6.45, 7) is 3.56. The first-order chi connectivity index (χ1) is 10.0. The third-order valence-electron chi connectivity index (χ3n) is 3.41. The zero-order chi connectivity index (χ0) is 15.4. The molecule has 112 valence electrons. The molecule has 6 heteroatoms. The molecule has 1 aliphatic heterocycles. The molecule has 1 aromatic rings. The molecular weight excluding hydrogens is 272 g/mol. The molecule has 0 spiro atoms. The Labute approximate surface area is 123 Å². The third kappa shape index (κ3) is 3.39. The van der Waals surface area contributed by atoms with Crippen LogP contribution in [0, 0.1) is 0 Å². The van der Waals surface area contributed by atoms with Crippen molar-refractivity contribution in [1.29, 1.82) is 0 Å². The molecule has 0 atom stereocenters. The molecule has 1 saturated heterocycles. The van der Waals surface area contributed by atoms with Crippen molar-refractivity contribution >= 4 is 23.3 Å². The molecule has 21 heavy (non-hydrogen) atoms. The molecule has 0 unspecified atom stereocenters. The number of anilines is 1. The van der Waals surface area contributed by atoms with E-state index in [0.717, 1.165) is 12.2 Å². The van der Waals surface area contributed by atoms with E-state index in [0.29, 0.717) is 13.1 Å². The Bertz CT molecular complexity index is 553. The monoisotopic (exact) mass is 290 g/mol. The van der Waals surface area contributed by atoms with E-state index in [1.165, 1.54) is 0 Å². The van der Waals surface area contributed by atoms with Crippen molar-refractivity contribution in [1.82, 2.24) is 4.90 Å². The van der Waals surface area contributed by atoms with Gasteiger partial charge in [0.05, 0.1) is 13.2 Å². The van der Waals surface area contributed by atoms with Crippen LogP contribution in [0.4, 0.5) is 5.69 Å². The van der Waals surface area contributed by atoms with Gasteiger partial charge in [0, 0.05) is 31.4 Å². The lowest BCUT2D eigenvalue weighted by Gasteiger charge is -2.33. The van der Waals surface area contributed by atoms with Crippen molar-refractivity contribution in [2.45, 2.75) is 6.92 Å². The topological polar surface area (TPSA) is 66.9 Å². The van der Waals surface area contributed by atoms with Crippen LogP contribution in [-0.2, 0) is 14.3 Å². The van der Waals surface area contributed by atoms with Gasteiger partial charge in [-0.1, -0.05) is 0 Å². The van der Waals surface area contributed by atoms with E-state index in [-0.39, 0.29) is 18.1 Å². The minimum Gasteiger partial charge on any atom is -0.460 e. The smallest absolute Gasteiger partial charge is 0.379 e. The summed E-state index contributed by atoms with van der Waals surface area (Å²) in [4.78, 5) is 38.5. The Morgan fingerprint density at radius 2 is 1.86 bits per heavy atom. The summed E-state index contributed by atoms with van der Waals surface area (Å²) in [6, 6.07) is 6.64. The summed E-state index contributed by atoms with van der Waals surface area (Å²) in [5, 5.41) is 0. The Morgan fingerprint density at radius 1 is 1.19 bits per heavy atom. The molecule has 0 N–H and O–H groups in total. The van der Waals surface area contributed by atoms with E-state index in [4.69, 9.17) is 0 Å². The number of carbonyl (C=O) groups is 3. The molecule has 1 amide bonds. The zero-order valence-corrected chi connectivity index (χ0v) is 12.2. The number of nitrogens with zero attached hydrogens (tertiary/aromatic N) is 2. The highest BCUT2D eigenvalue weighted by molar-refractivity contribution is 6.40. The van der Waals surface area contributed by atoms with Crippen molar-refractivity contribution in [3.8, 4) is 0 Å². The van der Waals surface area contributed by atoms with Gasteiger partial charge in [-0.25, -0.2) is 4.79 Å². The molecule has 0 aliphatic carbocycles. The maximum Gasteiger partial charge on any atom is 0.379 e. The van der Waals surface area contributed by atoms with Gasteiger partial charge in [-0.2, -0.15) is 0 Å². The lowest BCUT2D eigenvalue weighted by Crippen LogP contribution is -2.48. The number of rotatable bonds is 4. The zero-order valence-electron chi connectivity index (χ0n) is 12.2. The van der Waals surface area contributed by atoms with Gasteiger partial charge in [0.1, 0.15) is 0 Å². The molecule has 1 aliphatic rings. The van der Waals surface area contributed by atoms with E-state index in [1.807, 2.05) is 4.90 Å². The standard InChI is InChI=1S/C15H18N2O4/c1-3-21-15(20)14(19)11-4-6-12(7-5-11)17-9-8-16(2)13(18)10-17/h4-7H,3,8-10H2,1-2H3. The fraction of sp³-hybridized carbons (Fsp3) is 0.400. The first-order valence-electron chi connectivity index (χ1n) is 6.83. The quantitative estimate of drug-likeness (QED) is 0.464. The number of hydrogen-bond donors (Lipinski definition) is 0. The molecule has 0 aromatic heterocycles. The Kier molecular flexibility index (Phi) is 4.57. The number of amides is 1. The predicted octanol–water partition coefficient (Wildman–Crippen LogP) is 0.711. The van der Waals surface area contributed by atoms with Crippen molar-refractivity contribution in [2.75, 3.05) is 38.2 Å². The maximum absolute atomic E-state index is 11.8. The van der Waals surface area contributed by atoms with Crippen LogP contribution >= 0.6 is 0 Å². The first kappa shape index (κ1) is 15.0. The Hall–Kier alpha value is -2.37. The number of ether oxygens (including phenoxy) is 1. The lowest BCUT2D eigenvalue weighted by atomic mass is 10.1. The number of Topliss-reactive ketones (excluding diaryl/α,β-unsaturated/α-hetero) is 1. The van der Waals surface area contributed by atoms with Crippen molar-refractivity contribution in [3.05, 3.63) is 29.8 Å². The van der Waals surface area contributed by atoms with Gasteiger partial charge < -0.3 is 14.5 Å². The molecule has 1 heterocycles. The van der Waals surface area contributed by atoms with Gasteiger partial charge in [0.15, 0.2) is 0 Å². The minimum absolute atomic E-state index is 0.0629. The fourth-order valence-electron chi connectivity index (χ4n) is 2.12. The Balaban J connectivity index is 2.07. The van der Waals surface area contributed by atoms with E-state index in [1.54, 1.807) is 43.1 Å². The molecule has 0 bridgehead atoms.